The lowest BCUT2D eigenvalue weighted by Gasteiger charge is -2.18. The van der Waals surface area contributed by atoms with Crippen molar-refractivity contribution in [2.45, 2.75) is 25.7 Å². The van der Waals surface area contributed by atoms with E-state index < -0.39 is 0 Å². The molecule has 0 saturated heterocycles. The van der Waals surface area contributed by atoms with Gasteiger partial charge in [-0.25, -0.2) is 4.98 Å². The molecular weight excluding hydrogens is 464 g/mol. The highest BCUT2D eigenvalue weighted by Gasteiger charge is 2.20. The van der Waals surface area contributed by atoms with Gasteiger partial charge in [0.25, 0.3) is 0 Å². The smallest absolute Gasteiger partial charge is 0.0961 e. The summed E-state index contributed by atoms with van der Waals surface area (Å²) in [6.45, 7) is 0. The predicted molar refractivity (Wildman–Crippen MR) is 154 cm³/mol. The van der Waals surface area contributed by atoms with Gasteiger partial charge in [0.2, 0.25) is 0 Å². The van der Waals surface area contributed by atoms with Crippen LogP contribution in [0.5, 0.6) is 0 Å². The van der Waals surface area contributed by atoms with Crippen LogP contribution in [0.2, 0.25) is 0 Å². The topological polar surface area (TPSA) is 51.0 Å². The first-order chi connectivity index (χ1) is 18.8. The molecule has 180 valence electrons. The van der Waals surface area contributed by atoms with Crippen molar-refractivity contribution in [1.82, 2.24) is 15.0 Å². The van der Waals surface area contributed by atoms with Crippen molar-refractivity contribution in [2.24, 2.45) is 4.99 Å². The number of aryl methyl sites for hydroxylation is 3. The molecule has 3 aromatic carbocycles. The largest absolute Gasteiger partial charge is 0.254 e. The van der Waals surface area contributed by atoms with Crippen LogP contribution in [-0.2, 0) is 19.3 Å². The lowest BCUT2D eigenvalue weighted by atomic mass is 9.92. The summed E-state index contributed by atoms with van der Waals surface area (Å²) in [7, 11) is 0. The molecule has 4 heteroatoms. The fraction of sp³-hybridized carbons (Fsp3) is 0.118. The number of rotatable bonds is 2. The van der Waals surface area contributed by atoms with Gasteiger partial charge in [0.15, 0.2) is 0 Å². The van der Waals surface area contributed by atoms with Gasteiger partial charge in [-0.2, -0.15) is 0 Å². The van der Waals surface area contributed by atoms with E-state index in [2.05, 4.69) is 82.8 Å². The monoisotopic (exact) mass is 488 g/mol. The van der Waals surface area contributed by atoms with Gasteiger partial charge in [-0.05, 0) is 89.0 Å². The molecule has 0 unspecified atom stereocenters. The summed E-state index contributed by atoms with van der Waals surface area (Å²) in [5.41, 5.74) is 12.3. The zero-order chi connectivity index (χ0) is 25.1. The van der Waals surface area contributed by atoms with Crippen LogP contribution in [0, 0.1) is 0 Å². The third-order valence-electron chi connectivity index (χ3n) is 7.94. The minimum Gasteiger partial charge on any atom is -0.254 e. The maximum absolute atomic E-state index is 5.14. The molecule has 0 spiro atoms. The summed E-state index contributed by atoms with van der Waals surface area (Å²) in [6, 6.07) is 30.3. The zero-order valence-corrected chi connectivity index (χ0v) is 20.9. The molecule has 0 N–H and O–H groups in total. The van der Waals surface area contributed by atoms with Gasteiger partial charge in [0, 0.05) is 29.1 Å². The highest BCUT2D eigenvalue weighted by atomic mass is 14.8. The molecule has 3 aromatic heterocycles. The molecule has 38 heavy (non-hydrogen) atoms. The summed E-state index contributed by atoms with van der Waals surface area (Å²) in [5, 5.41) is 3.55. The Morgan fingerprint density at radius 1 is 0.526 bits per heavy atom. The van der Waals surface area contributed by atoms with Gasteiger partial charge in [0.1, 0.15) is 0 Å². The molecular formula is C34H24N4. The van der Waals surface area contributed by atoms with Crippen molar-refractivity contribution < 1.29 is 0 Å². The molecule has 0 fully saturated rings. The Hall–Kier alpha value is -4.70. The molecule has 0 atom stereocenters. The van der Waals surface area contributed by atoms with Crippen LogP contribution in [0.25, 0.3) is 44.3 Å². The summed E-state index contributed by atoms with van der Waals surface area (Å²) in [5.74, 6) is 0. The number of hydrogen-bond donors (Lipinski definition) is 0. The summed E-state index contributed by atoms with van der Waals surface area (Å²) < 4.78 is 0. The predicted octanol–water partition coefficient (Wildman–Crippen LogP) is 7.68. The Kier molecular flexibility index (Phi) is 4.74. The average molecular weight is 489 g/mol. The van der Waals surface area contributed by atoms with E-state index in [4.69, 9.17) is 9.98 Å². The third-order valence-corrected chi connectivity index (χ3v) is 7.94. The van der Waals surface area contributed by atoms with Gasteiger partial charge < -0.3 is 0 Å². The van der Waals surface area contributed by atoms with Gasteiger partial charge in [-0.15, -0.1) is 0 Å². The van der Waals surface area contributed by atoms with E-state index in [9.17, 15) is 0 Å². The lowest BCUT2D eigenvalue weighted by Crippen LogP contribution is -2.08. The van der Waals surface area contributed by atoms with Crippen molar-refractivity contribution >= 4 is 33.1 Å². The van der Waals surface area contributed by atoms with E-state index >= 15 is 0 Å². The van der Waals surface area contributed by atoms with Gasteiger partial charge >= 0.3 is 0 Å². The van der Waals surface area contributed by atoms with Crippen LogP contribution in [0.1, 0.15) is 28.7 Å². The molecule has 6 aromatic rings. The number of aliphatic imine (C=N–C) groups is 1. The van der Waals surface area contributed by atoms with Crippen LogP contribution in [-0.4, -0.2) is 20.7 Å². The van der Waals surface area contributed by atoms with Gasteiger partial charge in [-0.3, -0.25) is 15.0 Å². The molecule has 1 aliphatic carbocycles. The van der Waals surface area contributed by atoms with Crippen molar-refractivity contribution in [3.8, 4) is 22.6 Å². The van der Waals surface area contributed by atoms with Crippen LogP contribution >= 0.6 is 0 Å². The lowest BCUT2D eigenvalue weighted by molar-refractivity contribution is 0.913. The normalized spacial score (nSPS) is 14.1. The maximum Gasteiger partial charge on any atom is 0.0961 e. The van der Waals surface area contributed by atoms with Crippen molar-refractivity contribution in [2.75, 3.05) is 0 Å². The zero-order valence-electron chi connectivity index (χ0n) is 20.9. The minimum atomic E-state index is 0.926. The molecule has 0 amide bonds. The maximum atomic E-state index is 5.14. The van der Waals surface area contributed by atoms with E-state index in [0.717, 1.165) is 70.6 Å². The van der Waals surface area contributed by atoms with Crippen molar-refractivity contribution in [3.05, 3.63) is 120 Å². The molecule has 0 radical (unpaired) electrons. The minimum absolute atomic E-state index is 0.926. The van der Waals surface area contributed by atoms with Crippen LogP contribution in [0.15, 0.2) is 102 Å². The first kappa shape index (κ1) is 21.4. The molecule has 4 heterocycles. The first-order valence-electron chi connectivity index (χ1n) is 13.2. The molecule has 2 aliphatic rings. The molecule has 1 aliphatic heterocycles. The fourth-order valence-electron chi connectivity index (χ4n) is 5.91. The van der Waals surface area contributed by atoms with Crippen molar-refractivity contribution in [1.29, 1.82) is 0 Å². The van der Waals surface area contributed by atoms with E-state index in [0.29, 0.717) is 0 Å². The number of aromatic nitrogens is 3. The molecule has 8 rings (SSSR count). The van der Waals surface area contributed by atoms with Crippen LogP contribution in [0.3, 0.4) is 0 Å². The first-order valence-corrected chi connectivity index (χ1v) is 13.2. The summed E-state index contributed by atoms with van der Waals surface area (Å²) in [4.78, 5) is 19.5. The van der Waals surface area contributed by atoms with Gasteiger partial charge in [0.05, 0.1) is 28.3 Å². The highest BCUT2D eigenvalue weighted by Crippen LogP contribution is 2.36. The molecule has 0 bridgehead atoms. The van der Waals surface area contributed by atoms with Crippen LogP contribution in [0.4, 0.5) is 5.69 Å². The standard InChI is InChI=1S/C34H24N4/c1-3-22-7-9-24-13-15-29(37-33(24)31(22)35-17-1)26-11-5-21-6-12-27(20-28(21)19-26)30-16-14-25-10-8-23-4-2-18-36-32(23)34(25)38-30/h1-7,9,11-12,14,16-20H,8,10,13,15H2. The quantitative estimate of drug-likeness (QED) is 0.251. The Balaban J connectivity index is 1.21. The average Bonchev–Trinajstić information content (AvgIpc) is 3.00. The van der Waals surface area contributed by atoms with E-state index in [-0.39, 0.29) is 0 Å². The third kappa shape index (κ3) is 3.45. The Labute approximate surface area is 220 Å². The Morgan fingerprint density at radius 2 is 1.26 bits per heavy atom. The number of hydrogen-bond acceptors (Lipinski definition) is 4. The Morgan fingerprint density at radius 3 is 2.21 bits per heavy atom. The Bertz CT molecular complexity index is 1940. The van der Waals surface area contributed by atoms with E-state index in [1.165, 1.54) is 33.0 Å². The molecule has 0 saturated carbocycles. The highest BCUT2D eigenvalue weighted by molar-refractivity contribution is 6.08. The van der Waals surface area contributed by atoms with E-state index in [1.807, 2.05) is 24.5 Å². The second-order valence-electron chi connectivity index (χ2n) is 10.2. The SMILES string of the molecule is c1cnc2c(c1)CCc1ccc(-c3ccc4ccc(C5=Nc6c(ccc7cccnc67)CC5)cc4c3)nc1-2. The number of nitrogens with zero attached hydrogens (tertiary/aromatic N) is 4. The molecule has 4 nitrogen and oxygen atoms in total. The van der Waals surface area contributed by atoms with Crippen molar-refractivity contribution in [3.63, 3.8) is 0 Å². The number of benzene rings is 3. The second-order valence-corrected chi connectivity index (χ2v) is 10.2. The second kappa shape index (κ2) is 8.42. The fourth-order valence-corrected chi connectivity index (χ4v) is 5.91. The van der Waals surface area contributed by atoms with E-state index in [1.54, 1.807) is 0 Å². The summed E-state index contributed by atoms with van der Waals surface area (Å²) in [6.07, 6.45) is 7.66. The summed E-state index contributed by atoms with van der Waals surface area (Å²) >= 11 is 0. The number of pyridine rings is 3. The van der Waals surface area contributed by atoms with Gasteiger partial charge in [-0.1, -0.05) is 54.6 Å². The van der Waals surface area contributed by atoms with Crippen LogP contribution < -0.4 is 0 Å². The number of fused-ring (bicyclic) bond motifs is 7.